The minimum atomic E-state index is -4.62. The average molecular weight is 461 g/mol. The Morgan fingerprint density at radius 2 is 1.82 bits per heavy atom. The Bertz CT molecular complexity index is 994. The summed E-state index contributed by atoms with van der Waals surface area (Å²) in [5, 5.41) is 14.4. The Balaban J connectivity index is 1.82. The van der Waals surface area contributed by atoms with Crippen molar-refractivity contribution in [2.45, 2.75) is 56.9 Å². The van der Waals surface area contributed by atoms with Crippen LogP contribution in [0, 0.1) is 17.2 Å². The van der Waals surface area contributed by atoms with Crippen molar-refractivity contribution in [3.05, 3.63) is 48.2 Å². The highest BCUT2D eigenvalue weighted by atomic mass is 19.4. The first-order valence-electron chi connectivity index (χ1n) is 10.7. The van der Waals surface area contributed by atoms with Crippen LogP contribution in [0.5, 0.6) is 5.88 Å². The van der Waals surface area contributed by atoms with E-state index in [0.29, 0.717) is 24.3 Å². The minimum Gasteiger partial charge on any atom is -0.481 e. The van der Waals surface area contributed by atoms with E-state index < -0.39 is 29.7 Å². The lowest BCUT2D eigenvalue weighted by molar-refractivity contribution is -0.161. The molecule has 1 aromatic carbocycles. The highest BCUT2D eigenvalue weighted by Gasteiger charge is 2.47. The van der Waals surface area contributed by atoms with Gasteiger partial charge >= 0.3 is 6.18 Å². The van der Waals surface area contributed by atoms with Gasteiger partial charge in [-0.25, -0.2) is 4.98 Å². The number of amides is 1. The molecular weight excluding hydrogens is 433 g/mol. The van der Waals surface area contributed by atoms with Crippen LogP contribution in [0.2, 0.25) is 0 Å². The summed E-state index contributed by atoms with van der Waals surface area (Å²) in [5.74, 6) is -0.169. The summed E-state index contributed by atoms with van der Waals surface area (Å²) in [5.41, 5.74) is 0.490. The first-order valence-corrected chi connectivity index (χ1v) is 10.7. The number of benzene rings is 1. The topological polar surface area (TPSA) is 87.0 Å². The van der Waals surface area contributed by atoms with Gasteiger partial charge in [-0.1, -0.05) is 38.1 Å². The van der Waals surface area contributed by atoms with E-state index in [2.05, 4.69) is 15.6 Å². The molecule has 2 atom stereocenters. The molecule has 1 amide bonds. The van der Waals surface area contributed by atoms with Crippen LogP contribution >= 0.6 is 0 Å². The van der Waals surface area contributed by atoms with Crippen molar-refractivity contribution in [3.8, 4) is 23.1 Å². The fourth-order valence-electron chi connectivity index (χ4n) is 3.56. The number of nitrogens with zero attached hydrogens (tertiary/aromatic N) is 2. The molecule has 1 heterocycles. The molecule has 0 spiro atoms. The van der Waals surface area contributed by atoms with E-state index >= 15 is 0 Å². The number of carbonyl (C=O) groups is 1. The summed E-state index contributed by atoms with van der Waals surface area (Å²) < 4.78 is 47.1. The predicted molar refractivity (Wildman–Crippen MR) is 117 cm³/mol. The first-order chi connectivity index (χ1) is 15.6. The van der Waals surface area contributed by atoms with Gasteiger partial charge in [0.05, 0.1) is 19.2 Å². The molecule has 1 saturated carbocycles. The SMILES string of the molecule is COc1ccc(-c2ccc([C@H](N[C@@H](CC(C)C)C(=O)NC3(C#N)CC3)C(F)(F)F)cc2)cn1. The summed E-state index contributed by atoms with van der Waals surface area (Å²) in [6.45, 7) is 3.67. The molecule has 176 valence electrons. The number of methoxy groups -OCH3 is 1. The largest absolute Gasteiger partial charge is 0.481 e. The molecule has 3 rings (SSSR count). The van der Waals surface area contributed by atoms with Crippen LogP contribution in [0.25, 0.3) is 11.1 Å². The van der Waals surface area contributed by atoms with Crippen molar-refractivity contribution >= 4 is 5.91 Å². The highest BCUT2D eigenvalue weighted by molar-refractivity contribution is 5.83. The summed E-state index contributed by atoms with van der Waals surface area (Å²) in [6.07, 6.45) is -1.82. The fraction of sp³-hybridized carbons (Fsp3) is 0.458. The number of ether oxygens (including phenoxy) is 1. The van der Waals surface area contributed by atoms with Gasteiger partial charge in [0.2, 0.25) is 11.8 Å². The molecule has 33 heavy (non-hydrogen) atoms. The molecule has 1 aliphatic rings. The second-order valence-electron chi connectivity index (χ2n) is 8.72. The van der Waals surface area contributed by atoms with Gasteiger partial charge in [-0.15, -0.1) is 0 Å². The second kappa shape index (κ2) is 9.79. The Hall–Kier alpha value is -3.12. The lowest BCUT2D eigenvalue weighted by Gasteiger charge is -2.29. The lowest BCUT2D eigenvalue weighted by atomic mass is 9.97. The zero-order chi connectivity index (χ0) is 24.2. The van der Waals surface area contributed by atoms with Crippen molar-refractivity contribution in [1.82, 2.24) is 15.6 Å². The van der Waals surface area contributed by atoms with E-state index in [-0.39, 0.29) is 17.9 Å². The second-order valence-corrected chi connectivity index (χ2v) is 8.72. The number of carbonyl (C=O) groups excluding carboxylic acids is 1. The Morgan fingerprint density at radius 1 is 1.18 bits per heavy atom. The highest BCUT2D eigenvalue weighted by Crippen LogP contribution is 2.36. The van der Waals surface area contributed by atoms with Gasteiger partial charge in [0.15, 0.2) is 0 Å². The lowest BCUT2D eigenvalue weighted by Crippen LogP contribution is -2.52. The summed E-state index contributed by atoms with van der Waals surface area (Å²) in [6, 6.07) is 8.33. The molecule has 1 aliphatic carbocycles. The third-order valence-corrected chi connectivity index (χ3v) is 5.57. The van der Waals surface area contributed by atoms with Gasteiger partial charge in [0.25, 0.3) is 0 Å². The zero-order valence-corrected chi connectivity index (χ0v) is 18.7. The number of nitrogens with one attached hydrogen (secondary N) is 2. The third-order valence-electron chi connectivity index (χ3n) is 5.57. The van der Waals surface area contributed by atoms with Crippen molar-refractivity contribution in [1.29, 1.82) is 5.26 Å². The number of hydrogen-bond donors (Lipinski definition) is 2. The van der Waals surface area contributed by atoms with E-state index in [1.807, 2.05) is 19.9 Å². The molecule has 1 fully saturated rings. The van der Waals surface area contributed by atoms with E-state index in [9.17, 15) is 23.2 Å². The van der Waals surface area contributed by atoms with Crippen molar-refractivity contribution in [2.75, 3.05) is 7.11 Å². The van der Waals surface area contributed by atoms with Crippen molar-refractivity contribution in [3.63, 3.8) is 0 Å². The standard InChI is InChI=1S/C24H27F3N4O2/c1-15(2)12-19(22(32)31-23(14-28)10-11-23)30-21(24(25,26)27)17-6-4-16(5-7-17)18-8-9-20(33-3)29-13-18/h4-9,13,15,19,21,30H,10-12H2,1-3H3,(H,31,32)/t19-,21-/m0/s1. The van der Waals surface area contributed by atoms with E-state index in [0.717, 1.165) is 5.56 Å². The van der Waals surface area contributed by atoms with Crippen LogP contribution in [-0.4, -0.2) is 35.8 Å². The van der Waals surface area contributed by atoms with E-state index in [4.69, 9.17) is 4.74 Å². The Morgan fingerprint density at radius 3 is 2.27 bits per heavy atom. The Labute approximate surface area is 191 Å². The van der Waals surface area contributed by atoms with Gasteiger partial charge < -0.3 is 10.1 Å². The maximum absolute atomic E-state index is 14.0. The Kier molecular flexibility index (Phi) is 7.28. The summed E-state index contributed by atoms with van der Waals surface area (Å²) in [4.78, 5) is 16.9. The van der Waals surface area contributed by atoms with Crippen LogP contribution in [0.3, 0.4) is 0 Å². The van der Waals surface area contributed by atoms with Gasteiger partial charge in [-0.2, -0.15) is 18.4 Å². The number of halogens is 3. The molecule has 0 unspecified atom stereocenters. The first kappa shape index (κ1) is 24.5. The molecule has 9 heteroatoms. The van der Waals surface area contributed by atoms with Crippen LogP contribution < -0.4 is 15.4 Å². The van der Waals surface area contributed by atoms with Gasteiger partial charge in [0, 0.05) is 17.8 Å². The molecule has 0 radical (unpaired) electrons. The monoisotopic (exact) mass is 460 g/mol. The quantitative estimate of drug-likeness (QED) is 0.574. The summed E-state index contributed by atoms with van der Waals surface area (Å²) >= 11 is 0. The van der Waals surface area contributed by atoms with E-state index in [1.54, 1.807) is 30.5 Å². The normalized spacial score (nSPS) is 16.5. The fourth-order valence-corrected chi connectivity index (χ4v) is 3.56. The van der Waals surface area contributed by atoms with Gasteiger partial charge in [0.1, 0.15) is 11.6 Å². The number of pyridine rings is 1. The van der Waals surface area contributed by atoms with Crippen molar-refractivity contribution < 1.29 is 22.7 Å². The van der Waals surface area contributed by atoms with Gasteiger partial charge in [-0.3, -0.25) is 10.1 Å². The number of nitriles is 1. The maximum Gasteiger partial charge on any atom is 0.407 e. The molecule has 0 saturated heterocycles. The number of rotatable bonds is 9. The van der Waals surface area contributed by atoms with Crippen LogP contribution in [-0.2, 0) is 4.79 Å². The third kappa shape index (κ3) is 6.23. The molecule has 0 aliphatic heterocycles. The molecule has 0 bridgehead atoms. The van der Waals surface area contributed by atoms with Crippen molar-refractivity contribution in [2.24, 2.45) is 5.92 Å². The number of alkyl halides is 3. The van der Waals surface area contributed by atoms with E-state index in [1.165, 1.54) is 19.2 Å². The molecular formula is C24H27F3N4O2. The smallest absolute Gasteiger partial charge is 0.407 e. The van der Waals surface area contributed by atoms with Crippen LogP contribution in [0.1, 0.15) is 44.7 Å². The minimum absolute atomic E-state index is 0.00399. The average Bonchev–Trinajstić information content (AvgIpc) is 3.55. The molecule has 2 aromatic rings. The predicted octanol–water partition coefficient (Wildman–Crippen LogP) is 4.54. The van der Waals surface area contributed by atoms with Gasteiger partial charge in [-0.05, 0) is 42.4 Å². The number of hydrogen-bond acceptors (Lipinski definition) is 5. The number of aromatic nitrogens is 1. The zero-order valence-electron chi connectivity index (χ0n) is 18.7. The molecule has 2 N–H and O–H groups in total. The maximum atomic E-state index is 14.0. The van der Waals surface area contributed by atoms with Crippen LogP contribution in [0.4, 0.5) is 13.2 Å². The van der Waals surface area contributed by atoms with Crippen LogP contribution in [0.15, 0.2) is 42.6 Å². The summed E-state index contributed by atoms with van der Waals surface area (Å²) in [7, 11) is 1.50. The molecule has 1 aromatic heterocycles. The molecule has 6 nitrogen and oxygen atoms in total.